The number of ether oxygens (including phenoxy) is 1. The van der Waals surface area contributed by atoms with Crippen LogP contribution in [0.5, 0.6) is 5.75 Å². The van der Waals surface area contributed by atoms with Gasteiger partial charge in [0.15, 0.2) is 0 Å². The number of hydrogen-bond acceptors (Lipinski definition) is 3. The van der Waals surface area contributed by atoms with Gasteiger partial charge in [-0.05, 0) is 38.5 Å². The van der Waals surface area contributed by atoms with Crippen molar-refractivity contribution in [3.8, 4) is 5.75 Å². The van der Waals surface area contributed by atoms with E-state index in [-0.39, 0.29) is 6.04 Å². The van der Waals surface area contributed by atoms with Crippen LogP contribution in [0.4, 0.5) is 0 Å². The van der Waals surface area contributed by atoms with Crippen LogP contribution >= 0.6 is 0 Å². The van der Waals surface area contributed by atoms with Crippen molar-refractivity contribution in [2.24, 2.45) is 5.84 Å². The Balaban J connectivity index is 2.82. The van der Waals surface area contributed by atoms with Gasteiger partial charge in [0, 0.05) is 0 Å². The second-order valence-electron chi connectivity index (χ2n) is 3.89. The molecule has 0 radical (unpaired) electrons. The van der Waals surface area contributed by atoms with Crippen molar-refractivity contribution in [2.75, 3.05) is 6.61 Å². The molecule has 0 aliphatic carbocycles. The van der Waals surface area contributed by atoms with E-state index in [9.17, 15) is 0 Å². The highest BCUT2D eigenvalue weighted by Gasteiger charge is 2.05. The Labute approximate surface area is 97.3 Å². The number of rotatable bonds is 5. The fourth-order valence-corrected chi connectivity index (χ4v) is 1.51. The summed E-state index contributed by atoms with van der Waals surface area (Å²) in [6.45, 7) is 6.77. The van der Waals surface area contributed by atoms with Gasteiger partial charge in [0.1, 0.15) is 5.75 Å². The number of allylic oxidation sites excluding steroid dienone is 1. The number of nitrogens with two attached hydrogens (primary N) is 1. The quantitative estimate of drug-likeness (QED) is 0.455. The Bertz CT molecular complexity index is 339. The first kappa shape index (κ1) is 12.7. The Morgan fingerprint density at radius 2 is 2.00 bits per heavy atom. The summed E-state index contributed by atoms with van der Waals surface area (Å²) >= 11 is 0. The predicted molar refractivity (Wildman–Crippen MR) is 67.1 cm³/mol. The van der Waals surface area contributed by atoms with Crippen LogP contribution in [0.3, 0.4) is 0 Å². The van der Waals surface area contributed by atoms with Crippen molar-refractivity contribution in [2.45, 2.75) is 26.8 Å². The third kappa shape index (κ3) is 3.68. The molecule has 88 valence electrons. The summed E-state index contributed by atoms with van der Waals surface area (Å²) in [5.41, 5.74) is 5.15. The fraction of sp³-hybridized carbons (Fsp3) is 0.385. The summed E-state index contributed by atoms with van der Waals surface area (Å²) in [6.07, 6.45) is 2.09. The van der Waals surface area contributed by atoms with Gasteiger partial charge in [-0.2, -0.15) is 0 Å². The second-order valence-corrected chi connectivity index (χ2v) is 3.89. The van der Waals surface area contributed by atoms with Crippen LogP contribution < -0.4 is 16.0 Å². The molecule has 1 rings (SSSR count). The first-order valence-corrected chi connectivity index (χ1v) is 5.51. The maximum Gasteiger partial charge on any atom is 0.119 e. The molecular weight excluding hydrogens is 200 g/mol. The molecule has 0 spiro atoms. The Morgan fingerprint density at radius 3 is 2.44 bits per heavy atom. The van der Waals surface area contributed by atoms with E-state index in [1.807, 2.05) is 31.2 Å². The van der Waals surface area contributed by atoms with E-state index in [0.29, 0.717) is 6.61 Å². The summed E-state index contributed by atoms with van der Waals surface area (Å²) in [5, 5.41) is 0. The van der Waals surface area contributed by atoms with Crippen molar-refractivity contribution in [1.29, 1.82) is 0 Å². The minimum absolute atomic E-state index is 0.0562. The predicted octanol–water partition coefficient (Wildman–Crippen LogP) is 2.56. The van der Waals surface area contributed by atoms with Crippen LogP contribution in [0.25, 0.3) is 0 Å². The lowest BCUT2D eigenvalue weighted by atomic mass is 10.1. The molecule has 1 aromatic carbocycles. The molecule has 0 bridgehead atoms. The first-order chi connectivity index (χ1) is 7.67. The van der Waals surface area contributed by atoms with Crippen molar-refractivity contribution >= 4 is 0 Å². The Kier molecular flexibility index (Phi) is 5.02. The van der Waals surface area contributed by atoms with Crippen LogP contribution in [-0.2, 0) is 0 Å². The maximum atomic E-state index is 5.52. The van der Waals surface area contributed by atoms with Gasteiger partial charge >= 0.3 is 0 Å². The van der Waals surface area contributed by atoms with Gasteiger partial charge < -0.3 is 4.74 Å². The zero-order valence-electron chi connectivity index (χ0n) is 10.2. The van der Waals surface area contributed by atoms with Gasteiger partial charge in [-0.3, -0.25) is 5.84 Å². The Hall–Kier alpha value is -1.32. The SMILES string of the molecule is CCOc1ccc(C(C=C(C)C)NN)cc1. The average Bonchev–Trinajstić information content (AvgIpc) is 2.27. The highest BCUT2D eigenvalue weighted by atomic mass is 16.5. The number of nitrogens with one attached hydrogen (secondary N) is 1. The minimum atomic E-state index is 0.0562. The third-order valence-electron chi connectivity index (χ3n) is 2.23. The lowest BCUT2D eigenvalue weighted by Gasteiger charge is -2.13. The molecule has 0 heterocycles. The zero-order chi connectivity index (χ0) is 12.0. The van der Waals surface area contributed by atoms with Crippen molar-refractivity contribution in [3.05, 3.63) is 41.5 Å². The molecule has 0 amide bonds. The van der Waals surface area contributed by atoms with E-state index < -0.39 is 0 Å². The van der Waals surface area contributed by atoms with Gasteiger partial charge in [0.05, 0.1) is 12.6 Å². The highest BCUT2D eigenvalue weighted by Crippen LogP contribution is 2.19. The standard InChI is InChI=1S/C13H20N2O/c1-4-16-12-7-5-11(6-8-12)13(15-14)9-10(2)3/h5-9,13,15H,4,14H2,1-3H3. The third-order valence-corrected chi connectivity index (χ3v) is 2.23. The molecule has 0 fully saturated rings. The van der Waals surface area contributed by atoms with E-state index >= 15 is 0 Å². The second kappa shape index (κ2) is 6.30. The maximum absolute atomic E-state index is 5.52. The Morgan fingerprint density at radius 1 is 1.38 bits per heavy atom. The lowest BCUT2D eigenvalue weighted by Crippen LogP contribution is -2.26. The molecule has 0 saturated heterocycles. The number of hydrogen-bond donors (Lipinski definition) is 2. The summed E-state index contributed by atoms with van der Waals surface area (Å²) in [7, 11) is 0. The lowest BCUT2D eigenvalue weighted by molar-refractivity contribution is 0.340. The monoisotopic (exact) mass is 220 g/mol. The topological polar surface area (TPSA) is 47.3 Å². The molecule has 1 unspecified atom stereocenters. The molecule has 0 aliphatic rings. The van der Waals surface area contributed by atoms with E-state index in [1.54, 1.807) is 0 Å². The van der Waals surface area contributed by atoms with Crippen molar-refractivity contribution < 1.29 is 4.74 Å². The van der Waals surface area contributed by atoms with E-state index in [4.69, 9.17) is 10.6 Å². The van der Waals surface area contributed by atoms with Crippen LogP contribution in [0.2, 0.25) is 0 Å². The van der Waals surface area contributed by atoms with E-state index in [1.165, 1.54) is 5.57 Å². The summed E-state index contributed by atoms with van der Waals surface area (Å²) in [6, 6.07) is 8.02. The van der Waals surface area contributed by atoms with E-state index in [0.717, 1.165) is 11.3 Å². The molecule has 0 saturated carbocycles. The van der Waals surface area contributed by atoms with E-state index in [2.05, 4.69) is 25.3 Å². The summed E-state index contributed by atoms with van der Waals surface area (Å²) < 4.78 is 5.39. The number of hydrazine groups is 1. The fourth-order valence-electron chi connectivity index (χ4n) is 1.51. The van der Waals surface area contributed by atoms with Gasteiger partial charge in [-0.15, -0.1) is 0 Å². The molecule has 0 aliphatic heterocycles. The smallest absolute Gasteiger partial charge is 0.119 e. The van der Waals surface area contributed by atoms with Gasteiger partial charge in [0.25, 0.3) is 0 Å². The van der Waals surface area contributed by atoms with Crippen LogP contribution in [-0.4, -0.2) is 6.61 Å². The molecule has 0 aromatic heterocycles. The molecule has 1 atom stereocenters. The van der Waals surface area contributed by atoms with Crippen LogP contribution in [0.1, 0.15) is 32.4 Å². The van der Waals surface area contributed by atoms with Gasteiger partial charge in [-0.25, -0.2) is 5.43 Å². The molecule has 16 heavy (non-hydrogen) atoms. The number of benzene rings is 1. The average molecular weight is 220 g/mol. The van der Waals surface area contributed by atoms with Crippen LogP contribution in [0.15, 0.2) is 35.9 Å². The van der Waals surface area contributed by atoms with Crippen molar-refractivity contribution in [3.63, 3.8) is 0 Å². The molecule has 1 aromatic rings. The first-order valence-electron chi connectivity index (χ1n) is 5.51. The molecule has 3 N–H and O–H groups in total. The highest BCUT2D eigenvalue weighted by molar-refractivity contribution is 5.31. The summed E-state index contributed by atoms with van der Waals surface area (Å²) in [5.74, 6) is 6.41. The minimum Gasteiger partial charge on any atom is -0.494 e. The van der Waals surface area contributed by atoms with Crippen LogP contribution in [0, 0.1) is 0 Å². The zero-order valence-corrected chi connectivity index (χ0v) is 10.2. The van der Waals surface area contributed by atoms with Crippen molar-refractivity contribution in [1.82, 2.24) is 5.43 Å². The summed E-state index contributed by atoms with van der Waals surface area (Å²) in [4.78, 5) is 0. The molecular formula is C13H20N2O. The molecule has 3 nitrogen and oxygen atoms in total. The molecule has 3 heteroatoms. The van der Waals surface area contributed by atoms with Gasteiger partial charge in [-0.1, -0.05) is 23.8 Å². The largest absolute Gasteiger partial charge is 0.494 e. The normalized spacial score (nSPS) is 12.0. The van der Waals surface area contributed by atoms with Gasteiger partial charge in [0.2, 0.25) is 0 Å².